The molecule has 0 amide bonds. The van der Waals surface area contributed by atoms with Gasteiger partial charge in [-0.25, -0.2) is 9.97 Å². The van der Waals surface area contributed by atoms with Crippen LogP contribution >= 0.6 is 0 Å². The number of aromatic nitrogens is 2. The minimum absolute atomic E-state index is 0.0498. The first kappa shape index (κ1) is 16.1. The highest BCUT2D eigenvalue weighted by molar-refractivity contribution is 5.35. The molecule has 0 N–H and O–H groups in total. The van der Waals surface area contributed by atoms with Gasteiger partial charge < -0.3 is 4.74 Å². The van der Waals surface area contributed by atoms with Crippen LogP contribution in [-0.4, -0.2) is 16.3 Å². The molecule has 0 spiro atoms. The smallest absolute Gasteiger partial charge is 0.405 e. The lowest BCUT2D eigenvalue weighted by Crippen LogP contribution is -2.18. The fraction of sp³-hybridized carbons (Fsp3) is 0.231. The van der Waals surface area contributed by atoms with Gasteiger partial charge in [0, 0.05) is 24.4 Å². The Hall–Kier alpha value is -2.32. The zero-order valence-electron chi connectivity index (χ0n) is 10.7. The Bertz CT molecular complexity index is 636. The van der Waals surface area contributed by atoms with E-state index in [9.17, 15) is 26.3 Å². The summed E-state index contributed by atoms with van der Waals surface area (Å²) in [4.78, 5) is 7.02. The second-order valence-corrected chi connectivity index (χ2v) is 4.22. The fourth-order valence-electron chi connectivity index (χ4n) is 1.64. The molecule has 0 unspecified atom stereocenters. The Labute approximate surface area is 120 Å². The first-order valence-electron chi connectivity index (χ1n) is 5.87. The van der Waals surface area contributed by atoms with Crippen molar-refractivity contribution in [3.8, 4) is 5.75 Å². The highest BCUT2D eigenvalue weighted by atomic mass is 19.4. The number of hydrogen-bond donors (Lipinski definition) is 0. The predicted molar refractivity (Wildman–Crippen MR) is 63.0 cm³/mol. The van der Waals surface area contributed by atoms with E-state index in [1.54, 1.807) is 0 Å². The van der Waals surface area contributed by atoms with Gasteiger partial charge in [-0.2, -0.15) is 13.2 Å². The van der Waals surface area contributed by atoms with Crippen molar-refractivity contribution in [3.05, 3.63) is 53.6 Å². The highest BCUT2D eigenvalue weighted by Crippen LogP contribution is 2.29. The SMILES string of the molecule is FC(F)(F)Oc1ccccc1Cc1ncc(C(F)(F)F)cn1. The molecular formula is C13H8F6N2O. The van der Waals surface area contributed by atoms with Crippen molar-refractivity contribution in [2.45, 2.75) is 19.0 Å². The van der Waals surface area contributed by atoms with Crippen LogP contribution < -0.4 is 4.74 Å². The van der Waals surface area contributed by atoms with Gasteiger partial charge in [-0.15, -0.1) is 13.2 Å². The van der Waals surface area contributed by atoms with Crippen LogP contribution in [0.5, 0.6) is 5.75 Å². The van der Waals surface area contributed by atoms with E-state index in [0.717, 1.165) is 6.07 Å². The third-order valence-corrected chi connectivity index (χ3v) is 2.58. The second-order valence-electron chi connectivity index (χ2n) is 4.22. The van der Waals surface area contributed by atoms with Crippen LogP contribution in [0.15, 0.2) is 36.7 Å². The number of para-hydroxylation sites is 1. The molecule has 0 radical (unpaired) electrons. The van der Waals surface area contributed by atoms with Crippen molar-refractivity contribution in [1.29, 1.82) is 0 Å². The molecule has 22 heavy (non-hydrogen) atoms. The van der Waals surface area contributed by atoms with E-state index in [-0.39, 0.29) is 17.8 Å². The summed E-state index contributed by atoms with van der Waals surface area (Å²) in [6.45, 7) is 0. The van der Waals surface area contributed by atoms with Crippen molar-refractivity contribution in [3.63, 3.8) is 0 Å². The number of rotatable bonds is 3. The minimum Gasteiger partial charge on any atom is -0.405 e. The van der Waals surface area contributed by atoms with Crippen LogP contribution in [0, 0.1) is 0 Å². The van der Waals surface area contributed by atoms with Crippen molar-refractivity contribution in [1.82, 2.24) is 9.97 Å². The zero-order chi connectivity index (χ0) is 16.4. The first-order chi connectivity index (χ1) is 10.1. The first-order valence-corrected chi connectivity index (χ1v) is 5.87. The van der Waals surface area contributed by atoms with Gasteiger partial charge in [0.15, 0.2) is 0 Å². The molecule has 118 valence electrons. The molecule has 9 heteroatoms. The van der Waals surface area contributed by atoms with Gasteiger partial charge >= 0.3 is 12.5 Å². The number of benzene rings is 1. The summed E-state index contributed by atoms with van der Waals surface area (Å²) in [5.41, 5.74) is -0.921. The summed E-state index contributed by atoms with van der Waals surface area (Å²) in [6, 6.07) is 5.27. The lowest BCUT2D eigenvalue weighted by molar-refractivity contribution is -0.274. The van der Waals surface area contributed by atoms with Crippen molar-refractivity contribution in [2.75, 3.05) is 0 Å². The standard InChI is InChI=1S/C13H8F6N2O/c14-12(15,16)9-6-20-11(21-7-9)5-8-3-1-2-4-10(8)22-13(17,18)19/h1-4,6-7H,5H2. The molecule has 3 nitrogen and oxygen atoms in total. The van der Waals surface area contributed by atoms with Gasteiger partial charge in [0.05, 0.1) is 5.56 Å². The molecule has 0 atom stereocenters. The van der Waals surface area contributed by atoms with Crippen LogP contribution in [0.25, 0.3) is 0 Å². The maximum absolute atomic E-state index is 12.4. The molecule has 0 aliphatic rings. The highest BCUT2D eigenvalue weighted by Gasteiger charge is 2.32. The second kappa shape index (κ2) is 5.82. The third-order valence-electron chi connectivity index (χ3n) is 2.58. The van der Waals surface area contributed by atoms with Gasteiger partial charge in [0.25, 0.3) is 0 Å². The summed E-state index contributed by atoms with van der Waals surface area (Å²) < 4.78 is 77.8. The third kappa shape index (κ3) is 4.34. The average molecular weight is 322 g/mol. The van der Waals surface area contributed by atoms with Gasteiger partial charge in [0.2, 0.25) is 0 Å². The fourth-order valence-corrected chi connectivity index (χ4v) is 1.64. The Morgan fingerprint density at radius 1 is 0.909 bits per heavy atom. The minimum atomic E-state index is -4.86. The molecule has 0 saturated carbocycles. The van der Waals surface area contributed by atoms with E-state index in [1.807, 2.05) is 0 Å². The zero-order valence-corrected chi connectivity index (χ0v) is 10.7. The average Bonchev–Trinajstić information content (AvgIpc) is 2.39. The number of alkyl halides is 6. The summed E-state index contributed by atoms with van der Waals surface area (Å²) in [7, 11) is 0. The molecule has 1 aromatic carbocycles. The van der Waals surface area contributed by atoms with E-state index in [2.05, 4.69) is 14.7 Å². The van der Waals surface area contributed by atoms with E-state index < -0.39 is 23.9 Å². The van der Waals surface area contributed by atoms with E-state index in [0.29, 0.717) is 12.4 Å². The Balaban J connectivity index is 2.21. The van der Waals surface area contributed by atoms with Crippen LogP contribution in [-0.2, 0) is 12.6 Å². The van der Waals surface area contributed by atoms with Crippen molar-refractivity contribution in [2.24, 2.45) is 0 Å². The molecule has 0 fully saturated rings. The van der Waals surface area contributed by atoms with E-state index in [1.165, 1.54) is 18.2 Å². The lowest BCUT2D eigenvalue weighted by Gasteiger charge is -2.12. The van der Waals surface area contributed by atoms with Crippen LogP contribution in [0.3, 0.4) is 0 Å². The Kier molecular flexibility index (Phi) is 4.25. The largest absolute Gasteiger partial charge is 0.573 e. The summed E-state index contributed by atoms with van der Waals surface area (Å²) >= 11 is 0. The monoisotopic (exact) mass is 322 g/mol. The number of nitrogens with zero attached hydrogens (tertiary/aromatic N) is 2. The lowest BCUT2D eigenvalue weighted by atomic mass is 10.1. The number of hydrogen-bond acceptors (Lipinski definition) is 3. The molecule has 2 aromatic rings. The normalized spacial score (nSPS) is 12.3. The van der Waals surface area contributed by atoms with Crippen LogP contribution in [0.1, 0.15) is 17.0 Å². The van der Waals surface area contributed by atoms with Gasteiger partial charge in [-0.1, -0.05) is 18.2 Å². The number of halogens is 6. The molecule has 0 aliphatic carbocycles. The van der Waals surface area contributed by atoms with Gasteiger partial charge in [-0.3, -0.25) is 0 Å². The molecular weight excluding hydrogens is 314 g/mol. The van der Waals surface area contributed by atoms with Gasteiger partial charge in [-0.05, 0) is 6.07 Å². The quantitative estimate of drug-likeness (QED) is 0.802. The molecule has 2 rings (SSSR count). The molecule has 1 heterocycles. The maximum Gasteiger partial charge on any atom is 0.573 e. The topological polar surface area (TPSA) is 35.0 Å². The molecule has 0 aliphatic heterocycles. The number of ether oxygens (including phenoxy) is 1. The summed E-state index contributed by atoms with van der Waals surface area (Å²) in [5.74, 6) is -0.496. The Morgan fingerprint density at radius 3 is 2.05 bits per heavy atom. The maximum atomic E-state index is 12.4. The van der Waals surface area contributed by atoms with Crippen LogP contribution in [0.4, 0.5) is 26.3 Å². The molecule has 0 bridgehead atoms. The predicted octanol–water partition coefficient (Wildman–Crippen LogP) is 3.98. The molecule has 0 saturated heterocycles. The van der Waals surface area contributed by atoms with Crippen LogP contribution in [0.2, 0.25) is 0 Å². The van der Waals surface area contributed by atoms with E-state index in [4.69, 9.17) is 0 Å². The Morgan fingerprint density at radius 2 is 1.50 bits per heavy atom. The van der Waals surface area contributed by atoms with Crippen molar-refractivity contribution < 1.29 is 31.1 Å². The van der Waals surface area contributed by atoms with E-state index >= 15 is 0 Å². The van der Waals surface area contributed by atoms with Crippen molar-refractivity contribution >= 4 is 0 Å². The summed E-state index contributed by atoms with van der Waals surface area (Å²) in [5, 5.41) is 0. The molecule has 1 aromatic heterocycles. The summed E-state index contributed by atoms with van der Waals surface area (Å²) in [6.07, 6.45) is -8.47. The van der Waals surface area contributed by atoms with Gasteiger partial charge in [0.1, 0.15) is 11.6 Å².